The highest BCUT2D eigenvalue weighted by atomic mass is 32.2. The van der Waals surface area contributed by atoms with Gasteiger partial charge in [0.2, 0.25) is 5.91 Å². The summed E-state index contributed by atoms with van der Waals surface area (Å²) in [4.78, 5) is 30.6. The van der Waals surface area contributed by atoms with Crippen molar-refractivity contribution < 1.29 is 4.79 Å². The van der Waals surface area contributed by atoms with Gasteiger partial charge < -0.3 is 5.32 Å². The topological polar surface area (TPSA) is 64.0 Å². The van der Waals surface area contributed by atoms with E-state index >= 15 is 0 Å². The van der Waals surface area contributed by atoms with Gasteiger partial charge in [-0.05, 0) is 62.2 Å². The Morgan fingerprint density at radius 1 is 0.968 bits per heavy atom. The maximum atomic E-state index is 13.4. The standard InChI is InChI=1S/C25H23N3O2S/c1-16-7-6-8-19(14-16)26-23(29)15-31-25-27-21-10-5-4-9-20(21)24(30)28(25)22-12-11-17(2)13-18(22)3/h4-14H,15H2,1-3H3,(H,26,29). The first-order valence-electron chi connectivity index (χ1n) is 10.0. The summed E-state index contributed by atoms with van der Waals surface area (Å²) >= 11 is 1.26. The largest absolute Gasteiger partial charge is 0.325 e. The minimum atomic E-state index is -0.148. The molecule has 0 aliphatic carbocycles. The molecule has 1 N–H and O–H groups in total. The predicted octanol–water partition coefficient (Wildman–Crippen LogP) is 5.04. The van der Waals surface area contributed by atoms with Crippen LogP contribution in [0.5, 0.6) is 0 Å². The Labute approximate surface area is 185 Å². The Hall–Kier alpha value is -3.38. The van der Waals surface area contributed by atoms with Crippen LogP contribution in [0.4, 0.5) is 5.69 Å². The molecule has 0 bridgehead atoms. The number of thioether (sulfide) groups is 1. The van der Waals surface area contributed by atoms with Crippen molar-refractivity contribution in [1.29, 1.82) is 0 Å². The highest BCUT2D eigenvalue weighted by molar-refractivity contribution is 7.99. The van der Waals surface area contributed by atoms with E-state index in [2.05, 4.69) is 5.32 Å². The average Bonchev–Trinajstić information content (AvgIpc) is 2.73. The normalized spacial score (nSPS) is 10.9. The van der Waals surface area contributed by atoms with Crippen LogP contribution in [0.25, 0.3) is 16.6 Å². The molecule has 0 aliphatic heterocycles. The van der Waals surface area contributed by atoms with Crippen LogP contribution in [-0.2, 0) is 4.79 Å². The summed E-state index contributed by atoms with van der Waals surface area (Å²) in [5, 5.41) is 3.96. The number of para-hydroxylation sites is 1. The molecule has 3 aromatic carbocycles. The van der Waals surface area contributed by atoms with Gasteiger partial charge in [0.15, 0.2) is 5.16 Å². The first-order chi connectivity index (χ1) is 14.9. The van der Waals surface area contributed by atoms with Gasteiger partial charge in [0.25, 0.3) is 5.56 Å². The molecular weight excluding hydrogens is 406 g/mol. The quantitative estimate of drug-likeness (QED) is 0.356. The van der Waals surface area contributed by atoms with Crippen LogP contribution in [0.3, 0.4) is 0 Å². The lowest BCUT2D eigenvalue weighted by molar-refractivity contribution is -0.113. The SMILES string of the molecule is Cc1cccc(NC(=O)CSc2nc3ccccc3c(=O)n2-c2ccc(C)cc2C)c1. The molecule has 5 nitrogen and oxygen atoms in total. The van der Waals surface area contributed by atoms with E-state index in [-0.39, 0.29) is 17.2 Å². The Kier molecular flexibility index (Phi) is 5.91. The van der Waals surface area contributed by atoms with E-state index in [1.165, 1.54) is 11.8 Å². The van der Waals surface area contributed by atoms with E-state index in [9.17, 15) is 9.59 Å². The van der Waals surface area contributed by atoms with Crippen molar-refractivity contribution in [2.24, 2.45) is 0 Å². The molecule has 0 fully saturated rings. The summed E-state index contributed by atoms with van der Waals surface area (Å²) in [6, 6.07) is 20.9. The van der Waals surface area contributed by atoms with Crippen molar-refractivity contribution in [2.75, 3.05) is 11.1 Å². The van der Waals surface area contributed by atoms with Crippen LogP contribution in [0.2, 0.25) is 0 Å². The smallest absolute Gasteiger partial charge is 0.266 e. The molecule has 0 saturated heterocycles. The number of benzene rings is 3. The molecule has 0 aliphatic rings. The highest BCUT2D eigenvalue weighted by Gasteiger charge is 2.16. The molecule has 0 radical (unpaired) electrons. The zero-order valence-electron chi connectivity index (χ0n) is 17.7. The second-order valence-corrected chi connectivity index (χ2v) is 8.49. The summed E-state index contributed by atoms with van der Waals surface area (Å²) < 4.78 is 1.61. The van der Waals surface area contributed by atoms with Crippen LogP contribution >= 0.6 is 11.8 Å². The Morgan fingerprint density at radius 2 is 1.74 bits per heavy atom. The molecule has 4 rings (SSSR count). The monoisotopic (exact) mass is 429 g/mol. The number of nitrogens with zero attached hydrogens (tertiary/aromatic N) is 2. The number of hydrogen-bond acceptors (Lipinski definition) is 4. The van der Waals surface area contributed by atoms with Crippen molar-refractivity contribution in [3.63, 3.8) is 0 Å². The molecule has 6 heteroatoms. The number of aromatic nitrogens is 2. The molecule has 1 aromatic heterocycles. The zero-order chi connectivity index (χ0) is 22.0. The minimum absolute atomic E-state index is 0.140. The van der Waals surface area contributed by atoms with Crippen molar-refractivity contribution in [1.82, 2.24) is 9.55 Å². The van der Waals surface area contributed by atoms with Gasteiger partial charge in [0, 0.05) is 5.69 Å². The fraction of sp³-hybridized carbons (Fsp3) is 0.160. The molecule has 4 aromatic rings. The van der Waals surface area contributed by atoms with Gasteiger partial charge in [0.05, 0.1) is 22.3 Å². The lowest BCUT2D eigenvalue weighted by Crippen LogP contribution is -2.23. The van der Waals surface area contributed by atoms with E-state index in [0.29, 0.717) is 16.1 Å². The molecular formula is C25H23N3O2S. The minimum Gasteiger partial charge on any atom is -0.325 e. The van der Waals surface area contributed by atoms with E-state index < -0.39 is 0 Å². The first-order valence-corrected chi connectivity index (χ1v) is 11.0. The summed E-state index contributed by atoms with van der Waals surface area (Å²) in [5.41, 5.74) is 5.18. The molecule has 156 valence electrons. The fourth-order valence-corrected chi connectivity index (χ4v) is 4.33. The van der Waals surface area contributed by atoms with Crippen molar-refractivity contribution in [2.45, 2.75) is 25.9 Å². The maximum Gasteiger partial charge on any atom is 0.266 e. The van der Waals surface area contributed by atoms with Crippen LogP contribution in [-0.4, -0.2) is 21.2 Å². The van der Waals surface area contributed by atoms with E-state index in [0.717, 1.165) is 28.1 Å². The van der Waals surface area contributed by atoms with Crippen molar-refractivity contribution in [3.8, 4) is 5.69 Å². The third-order valence-corrected chi connectivity index (χ3v) is 5.91. The number of nitrogens with one attached hydrogen (secondary N) is 1. The Morgan fingerprint density at radius 3 is 2.52 bits per heavy atom. The van der Waals surface area contributed by atoms with Gasteiger partial charge in [-0.25, -0.2) is 4.98 Å². The number of aryl methyl sites for hydroxylation is 3. The van der Waals surface area contributed by atoms with Gasteiger partial charge in [-0.2, -0.15) is 0 Å². The van der Waals surface area contributed by atoms with Crippen LogP contribution < -0.4 is 10.9 Å². The molecule has 0 saturated carbocycles. The van der Waals surface area contributed by atoms with E-state index in [4.69, 9.17) is 4.98 Å². The predicted molar refractivity (Wildman–Crippen MR) is 127 cm³/mol. The highest BCUT2D eigenvalue weighted by Crippen LogP contribution is 2.24. The molecule has 1 heterocycles. The van der Waals surface area contributed by atoms with Crippen LogP contribution in [0, 0.1) is 20.8 Å². The fourth-order valence-electron chi connectivity index (χ4n) is 3.53. The number of hydrogen-bond donors (Lipinski definition) is 1. The van der Waals surface area contributed by atoms with E-state index in [1.54, 1.807) is 10.6 Å². The number of carbonyl (C=O) groups excluding carboxylic acids is 1. The molecule has 1 amide bonds. The number of rotatable bonds is 5. The Balaban J connectivity index is 1.70. The first kappa shape index (κ1) is 20.9. The van der Waals surface area contributed by atoms with Gasteiger partial charge in [-0.15, -0.1) is 0 Å². The summed E-state index contributed by atoms with van der Waals surface area (Å²) in [6.45, 7) is 5.97. The van der Waals surface area contributed by atoms with E-state index in [1.807, 2.05) is 81.4 Å². The summed E-state index contributed by atoms with van der Waals surface area (Å²) in [6.07, 6.45) is 0. The average molecular weight is 430 g/mol. The lowest BCUT2D eigenvalue weighted by Gasteiger charge is -2.15. The summed E-state index contributed by atoms with van der Waals surface area (Å²) in [5.74, 6) is -0.00549. The third kappa shape index (κ3) is 4.54. The molecule has 0 spiro atoms. The number of carbonyl (C=O) groups is 1. The van der Waals surface area contributed by atoms with Crippen LogP contribution in [0.15, 0.2) is 76.7 Å². The second kappa shape index (κ2) is 8.78. The number of fused-ring (bicyclic) bond motifs is 1. The van der Waals surface area contributed by atoms with Gasteiger partial charge in [-0.1, -0.05) is 53.7 Å². The lowest BCUT2D eigenvalue weighted by atomic mass is 10.1. The molecule has 0 unspecified atom stereocenters. The maximum absolute atomic E-state index is 13.4. The van der Waals surface area contributed by atoms with Crippen molar-refractivity contribution >= 4 is 34.3 Å². The third-order valence-electron chi connectivity index (χ3n) is 4.97. The molecule has 0 atom stereocenters. The van der Waals surface area contributed by atoms with Crippen molar-refractivity contribution in [3.05, 3.63) is 93.8 Å². The van der Waals surface area contributed by atoms with Crippen LogP contribution in [0.1, 0.15) is 16.7 Å². The van der Waals surface area contributed by atoms with Gasteiger partial charge >= 0.3 is 0 Å². The zero-order valence-corrected chi connectivity index (χ0v) is 18.5. The Bertz CT molecular complexity index is 1340. The number of amides is 1. The molecule has 31 heavy (non-hydrogen) atoms. The number of anilines is 1. The van der Waals surface area contributed by atoms with Gasteiger partial charge in [0.1, 0.15) is 0 Å². The second-order valence-electron chi connectivity index (χ2n) is 7.55. The van der Waals surface area contributed by atoms with Gasteiger partial charge in [-0.3, -0.25) is 14.2 Å². The summed E-state index contributed by atoms with van der Waals surface area (Å²) in [7, 11) is 0.